The second-order valence-corrected chi connectivity index (χ2v) is 6.42. The number of rotatable bonds is 5. The maximum Gasteiger partial charge on any atom is 0.416 e. The summed E-state index contributed by atoms with van der Waals surface area (Å²) in [4.78, 5) is 14.9. The number of hydrogen-bond acceptors (Lipinski definition) is 4. The summed E-state index contributed by atoms with van der Waals surface area (Å²) < 4.78 is 50.1. The number of ether oxygens (including phenoxy) is 2. The first-order valence-electron chi connectivity index (χ1n) is 8.83. The standard InChI is InChI=1S/C20H21F3N2O3/c1-27-16-6-5-7-17(28-2)18(16)19(26)24-14-12-13(20(21,22)23)8-9-15(14)25-10-3-4-11-25/h5-9,12H,3-4,10-11H2,1-2H3,(H,24,26). The molecule has 1 fully saturated rings. The lowest BCUT2D eigenvalue weighted by Crippen LogP contribution is -2.22. The van der Waals surface area contributed by atoms with Gasteiger partial charge in [0.2, 0.25) is 0 Å². The molecule has 2 aromatic carbocycles. The molecule has 5 nitrogen and oxygen atoms in total. The molecule has 1 amide bonds. The lowest BCUT2D eigenvalue weighted by molar-refractivity contribution is -0.137. The summed E-state index contributed by atoms with van der Waals surface area (Å²) in [5.74, 6) is -0.0628. The predicted octanol–water partition coefficient (Wildman–Crippen LogP) is 4.58. The van der Waals surface area contributed by atoms with Gasteiger partial charge in [0.1, 0.15) is 17.1 Å². The van der Waals surface area contributed by atoms with Crippen LogP contribution in [0, 0.1) is 0 Å². The van der Waals surface area contributed by atoms with Crippen LogP contribution in [0.2, 0.25) is 0 Å². The van der Waals surface area contributed by atoms with Gasteiger partial charge in [-0.3, -0.25) is 4.79 Å². The molecule has 0 spiro atoms. The van der Waals surface area contributed by atoms with Gasteiger partial charge < -0.3 is 19.7 Å². The van der Waals surface area contributed by atoms with Crippen LogP contribution in [-0.4, -0.2) is 33.2 Å². The second kappa shape index (κ2) is 8.00. The number of hydrogen-bond donors (Lipinski definition) is 1. The number of methoxy groups -OCH3 is 2. The molecule has 28 heavy (non-hydrogen) atoms. The Balaban J connectivity index is 2.02. The highest BCUT2D eigenvalue weighted by atomic mass is 19.4. The first-order valence-corrected chi connectivity index (χ1v) is 8.83. The van der Waals surface area contributed by atoms with Gasteiger partial charge in [-0.05, 0) is 43.2 Å². The van der Waals surface area contributed by atoms with Gasteiger partial charge in [0.05, 0.1) is 31.2 Å². The van der Waals surface area contributed by atoms with E-state index >= 15 is 0 Å². The van der Waals surface area contributed by atoms with Gasteiger partial charge in [0.15, 0.2) is 0 Å². The zero-order valence-corrected chi connectivity index (χ0v) is 15.6. The van der Waals surface area contributed by atoms with Crippen LogP contribution < -0.4 is 19.7 Å². The molecular weight excluding hydrogens is 373 g/mol. The maximum absolute atomic E-state index is 13.2. The van der Waals surface area contributed by atoms with Gasteiger partial charge in [0.25, 0.3) is 5.91 Å². The number of alkyl halides is 3. The molecule has 0 atom stereocenters. The number of benzene rings is 2. The average Bonchev–Trinajstić information content (AvgIpc) is 3.20. The fraction of sp³-hybridized carbons (Fsp3) is 0.350. The van der Waals surface area contributed by atoms with Crippen molar-refractivity contribution < 1.29 is 27.4 Å². The van der Waals surface area contributed by atoms with Crippen molar-refractivity contribution >= 4 is 17.3 Å². The smallest absolute Gasteiger partial charge is 0.416 e. The zero-order chi connectivity index (χ0) is 20.3. The van der Waals surface area contributed by atoms with Gasteiger partial charge in [-0.1, -0.05) is 6.07 Å². The number of carbonyl (C=O) groups excluding carboxylic acids is 1. The third-order valence-corrected chi connectivity index (χ3v) is 4.67. The molecule has 1 saturated heterocycles. The quantitative estimate of drug-likeness (QED) is 0.807. The third-order valence-electron chi connectivity index (χ3n) is 4.67. The Morgan fingerprint density at radius 2 is 1.64 bits per heavy atom. The van der Waals surface area contributed by atoms with Gasteiger partial charge >= 0.3 is 6.18 Å². The van der Waals surface area contributed by atoms with Crippen LogP contribution in [0.3, 0.4) is 0 Å². The minimum atomic E-state index is -4.51. The molecule has 0 saturated carbocycles. The van der Waals surface area contributed by atoms with E-state index in [1.807, 2.05) is 4.90 Å². The number of amides is 1. The van der Waals surface area contributed by atoms with E-state index in [0.29, 0.717) is 5.69 Å². The fourth-order valence-corrected chi connectivity index (χ4v) is 3.31. The van der Waals surface area contributed by atoms with Crippen LogP contribution in [0.5, 0.6) is 11.5 Å². The lowest BCUT2D eigenvalue weighted by Gasteiger charge is -2.23. The van der Waals surface area contributed by atoms with E-state index in [4.69, 9.17) is 9.47 Å². The van der Waals surface area contributed by atoms with Crippen molar-refractivity contribution in [3.05, 3.63) is 47.5 Å². The first-order chi connectivity index (χ1) is 13.3. The van der Waals surface area contributed by atoms with Crippen molar-refractivity contribution in [2.24, 2.45) is 0 Å². The van der Waals surface area contributed by atoms with Crippen molar-refractivity contribution in [2.75, 3.05) is 37.5 Å². The lowest BCUT2D eigenvalue weighted by atomic mass is 10.1. The largest absolute Gasteiger partial charge is 0.496 e. The molecule has 0 radical (unpaired) electrons. The van der Waals surface area contributed by atoms with Crippen LogP contribution in [0.25, 0.3) is 0 Å². The summed E-state index contributed by atoms with van der Waals surface area (Å²) in [6.45, 7) is 1.46. The van der Waals surface area contributed by atoms with Crippen molar-refractivity contribution in [1.82, 2.24) is 0 Å². The summed E-state index contributed by atoms with van der Waals surface area (Å²) in [5, 5.41) is 2.63. The number of carbonyl (C=O) groups is 1. The Kier molecular flexibility index (Phi) is 5.67. The van der Waals surface area contributed by atoms with Gasteiger partial charge in [0, 0.05) is 13.1 Å². The summed E-state index contributed by atoms with van der Waals surface area (Å²) in [6.07, 6.45) is -2.60. The monoisotopic (exact) mass is 394 g/mol. The van der Waals surface area contributed by atoms with E-state index < -0.39 is 17.6 Å². The van der Waals surface area contributed by atoms with E-state index in [2.05, 4.69) is 5.32 Å². The Morgan fingerprint density at radius 3 is 2.18 bits per heavy atom. The Hall–Kier alpha value is -2.90. The molecule has 0 unspecified atom stereocenters. The number of nitrogens with one attached hydrogen (secondary N) is 1. The molecule has 1 aliphatic heterocycles. The first kappa shape index (κ1) is 19.9. The van der Waals surface area contributed by atoms with E-state index in [-0.39, 0.29) is 22.7 Å². The Labute approximate surface area is 161 Å². The number of anilines is 2. The van der Waals surface area contributed by atoms with Crippen LogP contribution in [0.1, 0.15) is 28.8 Å². The minimum absolute atomic E-state index is 0.106. The van der Waals surface area contributed by atoms with Crippen LogP contribution >= 0.6 is 0 Å². The second-order valence-electron chi connectivity index (χ2n) is 6.42. The van der Waals surface area contributed by atoms with Crippen molar-refractivity contribution in [3.63, 3.8) is 0 Å². The molecule has 1 heterocycles. The van der Waals surface area contributed by atoms with E-state index in [9.17, 15) is 18.0 Å². The maximum atomic E-state index is 13.2. The fourth-order valence-electron chi connectivity index (χ4n) is 3.31. The Bertz CT molecular complexity index is 840. The summed E-state index contributed by atoms with van der Waals surface area (Å²) in [6, 6.07) is 8.24. The molecular formula is C20H21F3N2O3. The molecule has 0 bridgehead atoms. The van der Waals surface area contributed by atoms with Gasteiger partial charge in [-0.2, -0.15) is 13.2 Å². The molecule has 1 N–H and O–H groups in total. The van der Waals surface area contributed by atoms with Gasteiger partial charge in [-0.15, -0.1) is 0 Å². The van der Waals surface area contributed by atoms with Crippen molar-refractivity contribution in [3.8, 4) is 11.5 Å². The zero-order valence-electron chi connectivity index (χ0n) is 15.6. The van der Waals surface area contributed by atoms with E-state index in [0.717, 1.165) is 38.1 Å². The molecule has 8 heteroatoms. The molecule has 3 rings (SSSR count). The highest BCUT2D eigenvalue weighted by molar-refractivity contribution is 6.09. The Morgan fingerprint density at radius 1 is 1.04 bits per heavy atom. The van der Waals surface area contributed by atoms with Crippen LogP contribution in [0.4, 0.5) is 24.5 Å². The average molecular weight is 394 g/mol. The van der Waals surface area contributed by atoms with Crippen LogP contribution in [-0.2, 0) is 6.18 Å². The molecule has 1 aliphatic rings. The predicted molar refractivity (Wildman–Crippen MR) is 100 cm³/mol. The topological polar surface area (TPSA) is 50.8 Å². The normalized spacial score (nSPS) is 14.1. The highest BCUT2D eigenvalue weighted by Crippen LogP contribution is 2.37. The third kappa shape index (κ3) is 4.00. The van der Waals surface area contributed by atoms with Crippen molar-refractivity contribution in [1.29, 1.82) is 0 Å². The molecule has 0 aromatic heterocycles. The summed E-state index contributed by atoms with van der Waals surface area (Å²) in [5.41, 5.74) is -0.0302. The number of nitrogens with zero attached hydrogens (tertiary/aromatic N) is 1. The van der Waals surface area contributed by atoms with E-state index in [1.54, 1.807) is 18.2 Å². The molecule has 2 aromatic rings. The highest BCUT2D eigenvalue weighted by Gasteiger charge is 2.32. The summed E-state index contributed by atoms with van der Waals surface area (Å²) in [7, 11) is 2.82. The van der Waals surface area contributed by atoms with Gasteiger partial charge in [-0.25, -0.2) is 0 Å². The van der Waals surface area contributed by atoms with Crippen molar-refractivity contribution in [2.45, 2.75) is 19.0 Å². The number of halogens is 3. The van der Waals surface area contributed by atoms with E-state index in [1.165, 1.54) is 20.3 Å². The SMILES string of the molecule is COc1cccc(OC)c1C(=O)Nc1cc(C(F)(F)F)ccc1N1CCCC1. The minimum Gasteiger partial charge on any atom is -0.496 e. The molecule has 0 aliphatic carbocycles. The summed E-state index contributed by atoms with van der Waals surface area (Å²) >= 11 is 0. The van der Waals surface area contributed by atoms with Crippen LogP contribution in [0.15, 0.2) is 36.4 Å². The molecule has 150 valence electrons.